The molecule has 2 aromatic heterocycles. The van der Waals surface area contributed by atoms with Crippen LogP contribution >= 0.6 is 0 Å². The van der Waals surface area contributed by atoms with Crippen LogP contribution in [-0.2, 0) is 0 Å². The number of nitrogens with zero attached hydrogens (tertiary/aromatic N) is 8. The third-order valence-electron chi connectivity index (χ3n) is 10.2. The van der Waals surface area contributed by atoms with Gasteiger partial charge in [0.2, 0.25) is 0 Å². The minimum Gasteiger partial charge on any atom is -0.309 e. The molecule has 0 aliphatic heterocycles. The second kappa shape index (κ2) is 12.9. The smallest absolute Gasteiger partial charge is 0.189 e. The van der Waals surface area contributed by atoms with E-state index in [0.29, 0.717) is 44.1 Å². The van der Waals surface area contributed by atoms with Crippen molar-refractivity contribution >= 4 is 60.7 Å². The Bertz CT molecular complexity index is 3120. The van der Waals surface area contributed by atoms with Crippen LogP contribution < -0.4 is 0 Å². The van der Waals surface area contributed by atoms with E-state index in [0.717, 1.165) is 33.2 Å². The van der Waals surface area contributed by atoms with Gasteiger partial charge in [-0.2, -0.15) is 15.8 Å². The van der Waals surface area contributed by atoms with Gasteiger partial charge in [-0.1, -0.05) is 72.8 Å². The van der Waals surface area contributed by atoms with Gasteiger partial charge in [-0.3, -0.25) is 0 Å². The molecule has 0 radical (unpaired) electrons. The predicted molar refractivity (Wildman–Crippen MR) is 219 cm³/mol. The van der Waals surface area contributed by atoms with Gasteiger partial charge in [0, 0.05) is 49.6 Å². The van der Waals surface area contributed by atoms with Crippen LogP contribution in [0.15, 0.2) is 133 Å². The van der Waals surface area contributed by atoms with Crippen LogP contribution in [0.4, 0.5) is 17.1 Å². The summed E-state index contributed by atoms with van der Waals surface area (Å²) < 4.78 is 4.23. The highest BCUT2D eigenvalue weighted by molar-refractivity contribution is 6.34. The first-order chi connectivity index (χ1) is 27.6. The lowest BCUT2D eigenvalue weighted by Gasteiger charge is -2.21. The monoisotopic (exact) mass is 710 g/mol. The van der Waals surface area contributed by atoms with E-state index in [1.165, 1.54) is 24.3 Å². The highest BCUT2D eigenvalue weighted by Crippen LogP contribution is 2.56. The Morgan fingerprint density at radius 2 is 0.875 bits per heavy atom. The standard InChI is InChI=1S/C48H22N8/c1-52-32-24-30(27-50)41(31(25-32)28-51)45-42-35-18-10-12-20-39(35)56(34-16-8-5-9-17-34)48(42)46(44-37(53-2)22-29(26-49)23-38(44)54-3)43-36-19-11-13-21-40(36)55(47(43)45)33-14-6-4-7-15-33/h4-25H. The summed E-state index contributed by atoms with van der Waals surface area (Å²) in [6, 6.07) is 48.3. The number of fused-ring (bicyclic) bond motifs is 6. The molecule has 2 heterocycles. The first kappa shape index (κ1) is 33.0. The molecule has 56 heavy (non-hydrogen) atoms. The molecular weight excluding hydrogens is 689 g/mol. The fourth-order valence-electron chi connectivity index (χ4n) is 8.12. The summed E-state index contributed by atoms with van der Waals surface area (Å²) in [7, 11) is 0. The summed E-state index contributed by atoms with van der Waals surface area (Å²) in [6.45, 7) is 24.7. The Morgan fingerprint density at radius 3 is 1.29 bits per heavy atom. The summed E-state index contributed by atoms with van der Waals surface area (Å²) in [4.78, 5) is 11.5. The topological polar surface area (TPSA) is 94.3 Å². The van der Waals surface area contributed by atoms with Crippen LogP contribution in [0.25, 0.3) is 91.8 Å². The molecule has 0 amide bonds. The zero-order chi connectivity index (χ0) is 38.5. The number of hydrogen-bond acceptors (Lipinski definition) is 3. The van der Waals surface area contributed by atoms with E-state index in [1.807, 2.05) is 109 Å². The van der Waals surface area contributed by atoms with Gasteiger partial charge < -0.3 is 9.13 Å². The minimum atomic E-state index is 0.142. The highest BCUT2D eigenvalue weighted by atomic mass is 15.0. The van der Waals surface area contributed by atoms with Gasteiger partial charge in [-0.15, -0.1) is 0 Å². The second-order valence-electron chi connectivity index (χ2n) is 13.0. The third kappa shape index (κ3) is 4.66. The van der Waals surface area contributed by atoms with Gasteiger partial charge in [0.05, 0.1) is 71.1 Å². The Hall–Kier alpha value is -8.92. The van der Waals surface area contributed by atoms with Crippen molar-refractivity contribution < 1.29 is 0 Å². The Morgan fingerprint density at radius 1 is 0.446 bits per heavy atom. The summed E-state index contributed by atoms with van der Waals surface area (Å²) in [5.74, 6) is 0. The molecule has 9 aromatic rings. The van der Waals surface area contributed by atoms with Crippen LogP contribution in [0.2, 0.25) is 0 Å². The first-order valence-corrected chi connectivity index (χ1v) is 17.4. The van der Waals surface area contributed by atoms with Crippen molar-refractivity contribution in [3.8, 4) is 51.8 Å². The van der Waals surface area contributed by atoms with Crippen LogP contribution in [0.3, 0.4) is 0 Å². The predicted octanol–water partition coefficient (Wildman–Crippen LogP) is 12.5. The number of para-hydroxylation sites is 4. The molecule has 0 aliphatic carbocycles. The van der Waals surface area contributed by atoms with Crippen molar-refractivity contribution in [2.75, 3.05) is 0 Å². The van der Waals surface area contributed by atoms with Gasteiger partial charge in [0.1, 0.15) is 0 Å². The molecule has 0 bridgehead atoms. The number of nitriles is 3. The molecule has 0 fully saturated rings. The van der Waals surface area contributed by atoms with Crippen LogP contribution in [0.1, 0.15) is 16.7 Å². The van der Waals surface area contributed by atoms with Crippen molar-refractivity contribution in [1.29, 1.82) is 15.8 Å². The van der Waals surface area contributed by atoms with Crippen LogP contribution in [-0.4, -0.2) is 9.13 Å². The minimum absolute atomic E-state index is 0.142. The molecule has 0 aliphatic rings. The zero-order valence-corrected chi connectivity index (χ0v) is 29.3. The van der Waals surface area contributed by atoms with E-state index >= 15 is 0 Å². The fourth-order valence-corrected chi connectivity index (χ4v) is 8.12. The number of benzene rings is 7. The Balaban J connectivity index is 1.74. The maximum Gasteiger partial charge on any atom is 0.189 e. The SMILES string of the molecule is [C-]#[N+]c1cc(C#N)c(-c2c3c4ccccc4n(-c4ccccc4)c3c(-c3c([N+]#[C-])cc(C#N)cc3[N+]#[C-])c3c4ccccc4n(-c4ccccc4)c23)c(C#N)c1. The summed E-state index contributed by atoms with van der Waals surface area (Å²) in [5, 5.41) is 34.7. The number of aromatic nitrogens is 2. The summed E-state index contributed by atoms with van der Waals surface area (Å²) in [6.07, 6.45) is 0. The van der Waals surface area contributed by atoms with Crippen LogP contribution in [0.5, 0.6) is 0 Å². The van der Waals surface area contributed by atoms with E-state index in [2.05, 4.69) is 41.9 Å². The zero-order valence-electron chi connectivity index (χ0n) is 29.3. The molecule has 0 spiro atoms. The Labute approximate surface area is 320 Å². The average molecular weight is 711 g/mol. The average Bonchev–Trinajstić information content (AvgIpc) is 3.79. The van der Waals surface area contributed by atoms with Crippen LogP contribution in [0, 0.1) is 53.7 Å². The summed E-state index contributed by atoms with van der Waals surface area (Å²) in [5.41, 5.74) is 7.45. The van der Waals surface area contributed by atoms with E-state index in [-0.39, 0.29) is 33.8 Å². The lowest BCUT2D eigenvalue weighted by atomic mass is 9.85. The third-order valence-corrected chi connectivity index (χ3v) is 10.2. The summed E-state index contributed by atoms with van der Waals surface area (Å²) >= 11 is 0. The molecule has 0 unspecified atom stereocenters. The molecule has 254 valence electrons. The van der Waals surface area contributed by atoms with E-state index in [4.69, 9.17) is 19.7 Å². The lowest BCUT2D eigenvalue weighted by Crippen LogP contribution is -2.01. The van der Waals surface area contributed by atoms with Crippen molar-refractivity contribution in [2.45, 2.75) is 0 Å². The molecule has 0 N–H and O–H groups in total. The van der Waals surface area contributed by atoms with Gasteiger partial charge in [-0.05, 0) is 71.8 Å². The van der Waals surface area contributed by atoms with Gasteiger partial charge in [0.15, 0.2) is 17.1 Å². The maximum atomic E-state index is 10.8. The molecular formula is C48H22N8. The number of hydrogen-bond donors (Lipinski definition) is 0. The van der Waals surface area contributed by atoms with E-state index in [9.17, 15) is 15.8 Å². The molecule has 7 aromatic carbocycles. The number of rotatable bonds is 4. The van der Waals surface area contributed by atoms with Crippen molar-refractivity contribution in [3.63, 3.8) is 0 Å². The highest BCUT2D eigenvalue weighted by Gasteiger charge is 2.32. The van der Waals surface area contributed by atoms with Crippen molar-refractivity contribution in [2.24, 2.45) is 0 Å². The van der Waals surface area contributed by atoms with Gasteiger partial charge in [-0.25, -0.2) is 14.5 Å². The van der Waals surface area contributed by atoms with Crippen molar-refractivity contribution in [1.82, 2.24) is 9.13 Å². The maximum absolute atomic E-state index is 10.8. The molecule has 8 nitrogen and oxygen atoms in total. The first-order valence-electron chi connectivity index (χ1n) is 17.4. The van der Waals surface area contributed by atoms with E-state index < -0.39 is 0 Å². The molecule has 8 heteroatoms. The molecule has 9 rings (SSSR count). The van der Waals surface area contributed by atoms with Gasteiger partial charge >= 0.3 is 0 Å². The van der Waals surface area contributed by atoms with E-state index in [1.54, 1.807) is 0 Å². The molecule has 0 atom stereocenters. The molecule has 0 saturated heterocycles. The normalized spacial score (nSPS) is 10.8. The second-order valence-corrected chi connectivity index (χ2v) is 13.0. The van der Waals surface area contributed by atoms with Crippen molar-refractivity contribution in [3.05, 3.63) is 184 Å². The molecule has 0 saturated carbocycles. The Kier molecular flexibility index (Phi) is 7.61. The quantitative estimate of drug-likeness (QED) is 0.170. The van der Waals surface area contributed by atoms with Gasteiger partial charge in [0.25, 0.3) is 0 Å². The lowest BCUT2D eigenvalue weighted by molar-refractivity contribution is 1.17. The fraction of sp³-hybridized carbons (Fsp3) is 0. The largest absolute Gasteiger partial charge is 0.309 e.